The van der Waals surface area contributed by atoms with Crippen LogP contribution in [-0.2, 0) is 0 Å². The van der Waals surface area contributed by atoms with Gasteiger partial charge in [-0.15, -0.1) is 0 Å². The van der Waals surface area contributed by atoms with Gasteiger partial charge < -0.3 is 5.32 Å². The molecule has 0 amide bonds. The van der Waals surface area contributed by atoms with E-state index in [1.165, 1.54) is 45.2 Å². The third-order valence-electron chi connectivity index (χ3n) is 2.93. The Morgan fingerprint density at radius 2 is 2.17 bits per heavy atom. The minimum absolute atomic E-state index is 0.886. The molecule has 1 N–H and O–H groups in total. The zero-order valence-corrected chi connectivity index (χ0v) is 7.76. The Morgan fingerprint density at radius 3 is 2.83 bits per heavy atom. The molecule has 0 spiro atoms. The molecule has 68 valence electrons. The van der Waals surface area contributed by atoms with Crippen LogP contribution in [0.5, 0.6) is 0 Å². The van der Waals surface area contributed by atoms with E-state index in [9.17, 15) is 0 Å². The van der Waals surface area contributed by atoms with Crippen LogP contribution in [0.4, 0.5) is 0 Å². The monoisotopic (exact) mass is 165 g/mol. The van der Waals surface area contributed by atoms with Crippen LogP contribution >= 0.6 is 0 Å². The standard InChI is InChI=1S/C11H19N/c1-2-4-10(3-1)7-8-12-9-11-5-6-11/h1,3,10-12H,2,4-9H2. The quantitative estimate of drug-likeness (QED) is 0.487. The van der Waals surface area contributed by atoms with E-state index in [1.54, 1.807) is 0 Å². The van der Waals surface area contributed by atoms with Crippen LogP contribution in [0.25, 0.3) is 0 Å². The van der Waals surface area contributed by atoms with Crippen molar-refractivity contribution in [1.82, 2.24) is 5.32 Å². The first kappa shape index (κ1) is 8.31. The fraction of sp³-hybridized carbons (Fsp3) is 0.818. The summed E-state index contributed by atoms with van der Waals surface area (Å²) in [4.78, 5) is 0. The molecule has 2 aliphatic carbocycles. The Balaban J connectivity index is 1.47. The Bertz CT molecular complexity index is 158. The van der Waals surface area contributed by atoms with E-state index in [-0.39, 0.29) is 0 Å². The van der Waals surface area contributed by atoms with Gasteiger partial charge in [0.15, 0.2) is 0 Å². The van der Waals surface area contributed by atoms with Crippen molar-refractivity contribution in [3.05, 3.63) is 12.2 Å². The van der Waals surface area contributed by atoms with Crippen molar-refractivity contribution < 1.29 is 0 Å². The van der Waals surface area contributed by atoms with Crippen molar-refractivity contribution in [2.75, 3.05) is 13.1 Å². The minimum atomic E-state index is 0.886. The largest absolute Gasteiger partial charge is 0.316 e. The first-order chi connectivity index (χ1) is 5.95. The number of rotatable bonds is 5. The van der Waals surface area contributed by atoms with Gasteiger partial charge in [-0.2, -0.15) is 0 Å². The zero-order chi connectivity index (χ0) is 8.23. The SMILES string of the molecule is C1=CC(CCNCC2CC2)CC1. The predicted molar refractivity (Wildman–Crippen MR) is 52.1 cm³/mol. The summed E-state index contributed by atoms with van der Waals surface area (Å²) in [6.45, 7) is 2.50. The molecule has 2 rings (SSSR count). The van der Waals surface area contributed by atoms with Gasteiger partial charge >= 0.3 is 0 Å². The van der Waals surface area contributed by atoms with Crippen molar-refractivity contribution >= 4 is 0 Å². The van der Waals surface area contributed by atoms with Gasteiger partial charge in [-0.3, -0.25) is 0 Å². The fourth-order valence-corrected chi connectivity index (χ4v) is 1.85. The Morgan fingerprint density at radius 1 is 1.25 bits per heavy atom. The van der Waals surface area contributed by atoms with E-state index in [4.69, 9.17) is 0 Å². The molecule has 1 unspecified atom stereocenters. The lowest BCUT2D eigenvalue weighted by Gasteiger charge is -2.07. The zero-order valence-electron chi connectivity index (χ0n) is 7.76. The second-order valence-corrected chi connectivity index (χ2v) is 4.20. The molecule has 0 saturated heterocycles. The average molecular weight is 165 g/mol. The van der Waals surface area contributed by atoms with Gasteiger partial charge in [0.2, 0.25) is 0 Å². The van der Waals surface area contributed by atoms with Crippen LogP contribution in [0.2, 0.25) is 0 Å². The summed E-state index contributed by atoms with van der Waals surface area (Å²) in [5.74, 6) is 1.92. The molecule has 1 nitrogen and oxygen atoms in total. The lowest BCUT2D eigenvalue weighted by Crippen LogP contribution is -2.19. The first-order valence-electron chi connectivity index (χ1n) is 5.32. The topological polar surface area (TPSA) is 12.0 Å². The maximum atomic E-state index is 3.54. The van der Waals surface area contributed by atoms with Gasteiger partial charge in [-0.1, -0.05) is 12.2 Å². The number of nitrogens with one attached hydrogen (secondary N) is 1. The third kappa shape index (κ3) is 2.63. The van der Waals surface area contributed by atoms with E-state index < -0.39 is 0 Å². The van der Waals surface area contributed by atoms with Gasteiger partial charge in [-0.05, 0) is 57.0 Å². The van der Waals surface area contributed by atoms with Crippen molar-refractivity contribution in [2.45, 2.75) is 32.1 Å². The van der Waals surface area contributed by atoms with E-state index in [0.717, 1.165) is 11.8 Å². The molecule has 0 aromatic heterocycles. The summed E-state index contributed by atoms with van der Waals surface area (Å²) >= 11 is 0. The maximum Gasteiger partial charge on any atom is -0.00205 e. The molecule has 0 aromatic rings. The molecule has 1 atom stereocenters. The maximum absolute atomic E-state index is 3.54. The lowest BCUT2D eigenvalue weighted by molar-refractivity contribution is 0.525. The predicted octanol–water partition coefficient (Wildman–Crippen LogP) is 2.34. The smallest absolute Gasteiger partial charge is 0.00205 e. The van der Waals surface area contributed by atoms with Crippen LogP contribution in [0.15, 0.2) is 12.2 Å². The Kier molecular flexibility index (Phi) is 2.83. The van der Waals surface area contributed by atoms with Crippen molar-refractivity contribution in [2.24, 2.45) is 11.8 Å². The van der Waals surface area contributed by atoms with Crippen LogP contribution in [0.3, 0.4) is 0 Å². The van der Waals surface area contributed by atoms with E-state index in [1.807, 2.05) is 0 Å². The molecule has 0 aromatic carbocycles. The Labute approximate surface area is 75.2 Å². The Hall–Kier alpha value is -0.300. The molecule has 2 aliphatic rings. The van der Waals surface area contributed by atoms with Crippen molar-refractivity contribution in [3.8, 4) is 0 Å². The minimum Gasteiger partial charge on any atom is -0.316 e. The molecule has 1 fully saturated rings. The highest BCUT2D eigenvalue weighted by atomic mass is 14.9. The molecule has 0 heterocycles. The highest BCUT2D eigenvalue weighted by molar-refractivity contribution is 4.96. The summed E-state index contributed by atoms with van der Waals surface area (Å²) < 4.78 is 0. The van der Waals surface area contributed by atoms with Gasteiger partial charge in [0.25, 0.3) is 0 Å². The average Bonchev–Trinajstić information content (AvgIpc) is 2.76. The number of hydrogen-bond donors (Lipinski definition) is 1. The lowest BCUT2D eigenvalue weighted by atomic mass is 10.1. The molecule has 1 saturated carbocycles. The van der Waals surface area contributed by atoms with Gasteiger partial charge in [-0.25, -0.2) is 0 Å². The second-order valence-electron chi connectivity index (χ2n) is 4.20. The molecule has 0 aliphatic heterocycles. The summed E-state index contributed by atoms with van der Waals surface area (Å²) in [6.07, 6.45) is 11.7. The first-order valence-corrected chi connectivity index (χ1v) is 5.32. The molecule has 0 radical (unpaired) electrons. The highest BCUT2D eigenvalue weighted by Gasteiger charge is 2.20. The number of allylic oxidation sites excluding steroid dienone is 2. The van der Waals surface area contributed by atoms with Crippen LogP contribution < -0.4 is 5.32 Å². The summed E-state index contributed by atoms with van der Waals surface area (Å²) in [5, 5.41) is 3.54. The van der Waals surface area contributed by atoms with Crippen LogP contribution in [0.1, 0.15) is 32.1 Å². The van der Waals surface area contributed by atoms with Crippen LogP contribution in [0, 0.1) is 11.8 Å². The molecular weight excluding hydrogens is 146 g/mol. The molecule has 12 heavy (non-hydrogen) atoms. The van der Waals surface area contributed by atoms with Crippen molar-refractivity contribution in [3.63, 3.8) is 0 Å². The van der Waals surface area contributed by atoms with Gasteiger partial charge in [0, 0.05) is 0 Å². The summed E-state index contributed by atoms with van der Waals surface area (Å²) in [5.41, 5.74) is 0. The van der Waals surface area contributed by atoms with E-state index >= 15 is 0 Å². The summed E-state index contributed by atoms with van der Waals surface area (Å²) in [7, 11) is 0. The number of hydrogen-bond acceptors (Lipinski definition) is 1. The molecule has 0 bridgehead atoms. The van der Waals surface area contributed by atoms with E-state index in [0.29, 0.717) is 0 Å². The van der Waals surface area contributed by atoms with Gasteiger partial charge in [0.05, 0.1) is 0 Å². The fourth-order valence-electron chi connectivity index (χ4n) is 1.85. The van der Waals surface area contributed by atoms with E-state index in [2.05, 4.69) is 17.5 Å². The normalized spacial score (nSPS) is 28.2. The van der Waals surface area contributed by atoms with Crippen LogP contribution in [-0.4, -0.2) is 13.1 Å². The van der Waals surface area contributed by atoms with Gasteiger partial charge in [0.1, 0.15) is 0 Å². The third-order valence-corrected chi connectivity index (χ3v) is 2.93. The van der Waals surface area contributed by atoms with Crippen molar-refractivity contribution in [1.29, 1.82) is 0 Å². The second kappa shape index (κ2) is 4.08. The molecular formula is C11H19N. The highest BCUT2D eigenvalue weighted by Crippen LogP contribution is 2.27. The molecule has 1 heteroatoms. The summed E-state index contributed by atoms with van der Waals surface area (Å²) in [6, 6.07) is 0.